The Hall–Kier alpha value is -2.42. The standard InChI is InChI=1S/C29H28Br2N4OS/c1-3-4-5-6-7-8-15-36-21-14-10-13-20(17-21)25-24(19-12-9-11-18(2)16-19)32-26-22(30)28-29(35-37-34-28)23(31)27(26)33-25/h9-14,16-17H,3-8,15H2,1-2H3. The summed E-state index contributed by atoms with van der Waals surface area (Å²) >= 11 is 8.63. The molecule has 0 N–H and O–H groups in total. The highest BCUT2D eigenvalue weighted by atomic mass is 79.9. The molecule has 0 saturated carbocycles. The number of hydrogen-bond donors (Lipinski definition) is 0. The van der Waals surface area contributed by atoms with E-state index < -0.39 is 0 Å². The molecule has 5 rings (SSSR count). The van der Waals surface area contributed by atoms with Crippen molar-refractivity contribution in [3.8, 4) is 28.3 Å². The third-order valence-electron chi connectivity index (χ3n) is 6.38. The maximum atomic E-state index is 6.14. The summed E-state index contributed by atoms with van der Waals surface area (Å²) in [5.74, 6) is 0.850. The van der Waals surface area contributed by atoms with Gasteiger partial charge in [-0.3, -0.25) is 0 Å². The summed E-state index contributed by atoms with van der Waals surface area (Å²) in [5, 5.41) is 0. The maximum absolute atomic E-state index is 6.14. The topological polar surface area (TPSA) is 60.8 Å². The van der Waals surface area contributed by atoms with Gasteiger partial charge in [-0.05, 0) is 63.4 Å². The summed E-state index contributed by atoms with van der Waals surface area (Å²) in [6, 6.07) is 16.5. The Bertz CT molecular complexity index is 1550. The lowest BCUT2D eigenvalue weighted by Gasteiger charge is -2.14. The van der Waals surface area contributed by atoms with Crippen molar-refractivity contribution in [3.63, 3.8) is 0 Å². The van der Waals surface area contributed by atoms with Gasteiger partial charge in [-0.15, -0.1) is 0 Å². The van der Waals surface area contributed by atoms with Crippen LogP contribution in [0.2, 0.25) is 0 Å². The van der Waals surface area contributed by atoms with Crippen molar-refractivity contribution >= 4 is 65.7 Å². The van der Waals surface area contributed by atoms with Gasteiger partial charge >= 0.3 is 0 Å². The van der Waals surface area contributed by atoms with E-state index in [9.17, 15) is 0 Å². The first-order valence-electron chi connectivity index (χ1n) is 12.7. The number of fused-ring (bicyclic) bond motifs is 2. The number of hydrogen-bond acceptors (Lipinski definition) is 6. The Morgan fingerprint density at radius 1 is 0.730 bits per heavy atom. The number of benzene rings is 3. The van der Waals surface area contributed by atoms with Gasteiger partial charge in [-0.25, -0.2) is 9.97 Å². The van der Waals surface area contributed by atoms with E-state index in [4.69, 9.17) is 14.7 Å². The Labute approximate surface area is 238 Å². The highest BCUT2D eigenvalue weighted by Gasteiger charge is 2.21. The summed E-state index contributed by atoms with van der Waals surface area (Å²) in [6.45, 7) is 5.05. The molecule has 37 heavy (non-hydrogen) atoms. The zero-order valence-electron chi connectivity index (χ0n) is 20.9. The Balaban J connectivity index is 1.55. The Kier molecular flexibility index (Phi) is 8.47. The average Bonchev–Trinajstić information content (AvgIpc) is 3.41. The summed E-state index contributed by atoms with van der Waals surface area (Å²) in [4.78, 5) is 10.3. The number of aryl methyl sites for hydroxylation is 1. The molecule has 0 spiro atoms. The molecule has 2 aromatic heterocycles. The smallest absolute Gasteiger partial charge is 0.122 e. The number of nitrogens with zero attached hydrogens (tertiary/aromatic N) is 4. The van der Waals surface area contributed by atoms with Crippen molar-refractivity contribution in [2.75, 3.05) is 6.61 Å². The van der Waals surface area contributed by atoms with E-state index in [0.29, 0.717) is 0 Å². The predicted molar refractivity (Wildman–Crippen MR) is 160 cm³/mol. The quantitative estimate of drug-likeness (QED) is 0.142. The molecule has 0 saturated heterocycles. The first-order valence-corrected chi connectivity index (χ1v) is 15.0. The number of halogens is 2. The first kappa shape index (κ1) is 26.2. The van der Waals surface area contributed by atoms with Gasteiger partial charge in [0.25, 0.3) is 0 Å². The van der Waals surface area contributed by atoms with E-state index in [0.717, 1.165) is 72.3 Å². The lowest BCUT2D eigenvalue weighted by molar-refractivity contribution is 0.304. The lowest BCUT2D eigenvalue weighted by atomic mass is 10.0. The normalized spacial score (nSPS) is 11.5. The molecule has 0 fully saturated rings. The zero-order valence-corrected chi connectivity index (χ0v) is 24.9. The van der Waals surface area contributed by atoms with Crippen molar-refractivity contribution in [1.82, 2.24) is 18.7 Å². The Morgan fingerprint density at radius 3 is 1.97 bits per heavy atom. The van der Waals surface area contributed by atoms with Crippen LogP contribution in [0.1, 0.15) is 51.0 Å². The van der Waals surface area contributed by atoms with Crippen LogP contribution in [0.5, 0.6) is 5.75 Å². The highest BCUT2D eigenvalue weighted by Crippen LogP contribution is 2.40. The molecular formula is C29H28Br2N4OS. The number of ether oxygens (including phenoxy) is 1. The van der Waals surface area contributed by atoms with Crippen LogP contribution in [0.4, 0.5) is 0 Å². The fraction of sp³-hybridized carbons (Fsp3) is 0.310. The second-order valence-corrected chi connectivity index (χ2v) is 11.3. The highest BCUT2D eigenvalue weighted by molar-refractivity contribution is 9.11. The molecule has 5 nitrogen and oxygen atoms in total. The molecule has 5 aromatic rings. The molecular weight excluding hydrogens is 612 g/mol. The predicted octanol–water partition coefficient (Wildman–Crippen LogP) is 9.54. The van der Waals surface area contributed by atoms with E-state index in [-0.39, 0.29) is 0 Å². The third kappa shape index (κ3) is 5.71. The molecule has 3 aromatic carbocycles. The third-order valence-corrected chi connectivity index (χ3v) is 8.41. The van der Waals surface area contributed by atoms with Gasteiger partial charge in [0.15, 0.2) is 0 Å². The zero-order chi connectivity index (χ0) is 25.8. The summed E-state index contributed by atoms with van der Waals surface area (Å²) < 4.78 is 16.7. The molecule has 0 radical (unpaired) electrons. The van der Waals surface area contributed by atoms with Gasteiger partial charge in [0, 0.05) is 11.1 Å². The van der Waals surface area contributed by atoms with Crippen LogP contribution >= 0.6 is 43.6 Å². The van der Waals surface area contributed by atoms with Gasteiger partial charge in [0.1, 0.15) is 27.8 Å². The van der Waals surface area contributed by atoms with E-state index in [1.807, 2.05) is 12.1 Å². The van der Waals surface area contributed by atoms with E-state index in [2.05, 4.69) is 90.9 Å². The molecule has 0 bridgehead atoms. The van der Waals surface area contributed by atoms with Gasteiger partial charge in [-0.1, -0.05) is 74.9 Å². The fourth-order valence-electron chi connectivity index (χ4n) is 4.44. The van der Waals surface area contributed by atoms with Crippen LogP contribution < -0.4 is 4.74 Å². The molecule has 0 aliphatic heterocycles. The lowest BCUT2D eigenvalue weighted by Crippen LogP contribution is -2.00. The molecule has 0 unspecified atom stereocenters. The molecule has 8 heteroatoms. The second kappa shape index (κ2) is 12.0. The van der Waals surface area contributed by atoms with Gasteiger partial charge in [-0.2, -0.15) is 8.75 Å². The van der Waals surface area contributed by atoms with Crippen LogP contribution in [-0.4, -0.2) is 25.3 Å². The van der Waals surface area contributed by atoms with E-state index >= 15 is 0 Å². The minimum Gasteiger partial charge on any atom is -0.494 e. The van der Waals surface area contributed by atoms with Crippen LogP contribution in [0.3, 0.4) is 0 Å². The number of unbranched alkanes of at least 4 members (excludes halogenated alkanes) is 5. The molecule has 2 heterocycles. The van der Waals surface area contributed by atoms with Crippen molar-refractivity contribution in [3.05, 3.63) is 63.0 Å². The molecule has 0 atom stereocenters. The van der Waals surface area contributed by atoms with E-state index in [1.165, 1.54) is 49.4 Å². The SMILES string of the molecule is CCCCCCCCOc1cccc(-c2nc3c(Br)c4nsnc4c(Br)c3nc2-c2cccc(C)c2)c1. The summed E-state index contributed by atoms with van der Waals surface area (Å²) in [7, 11) is 0. The monoisotopic (exact) mass is 638 g/mol. The minimum absolute atomic E-state index is 0.719. The average molecular weight is 640 g/mol. The van der Waals surface area contributed by atoms with Crippen LogP contribution in [-0.2, 0) is 0 Å². The molecule has 0 amide bonds. The Morgan fingerprint density at radius 2 is 1.32 bits per heavy atom. The molecule has 190 valence electrons. The maximum Gasteiger partial charge on any atom is 0.122 e. The second-order valence-electron chi connectivity index (χ2n) is 9.22. The largest absolute Gasteiger partial charge is 0.494 e. The minimum atomic E-state index is 0.719. The van der Waals surface area contributed by atoms with E-state index in [1.54, 1.807) is 0 Å². The van der Waals surface area contributed by atoms with Crippen molar-refractivity contribution in [2.45, 2.75) is 52.4 Å². The fourth-order valence-corrected chi connectivity index (χ4v) is 6.34. The number of rotatable bonds is 10. The summed E-state index contributed by atoms with van der Waals surface area (Å²) in [6.07, 6.45) is 7.44. The van der Waals surface area contributed by atoms with Crippen molar-refractivity contribution < 1.29 is 4.74 Å². The van der Waals surface area contributed by atoms with Crippen LogP contribution in [0, 0.1) is 6.92 Å². The van der Waals surface area contributed by atoms with Crippen molar-refractivity contribution in [2.24, 2.45) is 0 Å². The van der Waals surface area contributed by atoms with Crippen LogP contribution in [0.25, 0.3) is 44.6 Å². The summed E-state index contributed by atoms with van der Waals surface area (Å²) in [5.41, 5.74) is 7.84. The first-order chi connectivity index (χ1) is 18.1. The molecule has 0 aliphatic rings. The number of aromatic nitrogens is 4. The van der Waals surface area contributed by atoms with Gasteiger partial charge < -0.3 is 4.74 Å². The van der Waals surface area contributed by atoms with Crippen molar-refractivity contribution in [1.29, 1.82) is 0 Å². The van der Waals surface area contributed by atoms with Gasteiger partial charge in [0.05, 0.1) is 38.7 Å². The van der Waals surface area contributed by atoms with Gasteiger partial charge in [0.2, 0.25) is 0 Å². The van der Waals surface area contributed by atoms with Crippen LogP contribution in [0.15, 0.2) is 57.5 Å². The molecule has 0 aliphatic carbocycles.